The van der Waals surface area contributed by atoms with Crippen LogP contribution in [0.2, 0.25) is 0 Å². The van der Waals surface area contributed by atoms with Gasteiger partial charge in [-0.2, -0.15) is 0 Å². The van der Waals surface area contributed by atoms with Crippen LogP contribution in [0.25, 0.3) is 0 Å². The van der Waals surface area contributed by atoms with E-state index >= 15 is 0 Å². The Morgan fingerprint density at radius 1 is 1.47 bits per heavy atom. The molecule has 0 unspecified atom stereocenters. The Morgan fingerprint density at radius 3 is 2.79 bits per heavy atom. The van der Waals surface area contributed by atoms with E-state index in [1.54, 1.807) is 0 Å². The van der Waals surface area contributed by atoms with Crippen molar-refractivity contribution in [3.8, 4) is 11.5 Å². The van der Waals surface area contributed by atoms with Crippen molar-refractivity contribution in [1.29, 1.82) is 0 Å². The zero-order chi connectivity index (χ0) is 13.8. The average Bonchev–Trinajstić information content (AvgIpc) is 2.90. The minimum absolute atomic E-state index is 0.0576. The number of aromatic carboxylic acids is 1. The Hall–Kier alpha value is -2.08. The van der Waals surface area contributed by atoms with Crippen molar-refractivity contribution in [1.82, 2.24) is 0 Å². The Morgan fingerprint density at radius 2 is 2.26 bits per heavy atom. The third kappa shape index (κ3) is 2.85. The highest BCUT2D eigenvalue weighted by Gasteiger charge is 2.21. The number of methoxy groups -OCH3 is 1. The molecule has 2 rings (SSSR count). The van der Waals surface area contributed by atoms with Crippen molar-refractivity contribution >= 4 is 12.3 Å². The van der Waals surface area contributed by atoms with Crippen LogP contribution in [-0.2, 0) is 4.74 Å². The maximum Gasteiger partial charge on any atom is 0.336 e. The smallest absolute Gasteiger partial charge is 0.336 e. The molecule has 0 saturated carbocycles. The van der Waals surface area contributed by atoms with Gasteiger partial charge in [0.2, 0.25) is 0 Å². The Bertz CT molecular complexity index is 490. The fourth-order valence-corrected chi connectivity index (χ4v) is 1.90. The molecule has 1 heterocycles. The monoisotopic (exact) mass is 266 g/mol. The van der Waals surface area contributed by atoms with E-state index < -0.39 is 5.97 Å². The lowest BCUT2D eigenvalue weighted by molar-refractivity contribution is 0.0693. The largest absolute Gasteiger partial charge is 0.493 e. The van der Waals surface area contributed by atoms with Crippen LogP contribution in [0.1, 0.15) is 27.1 Å². The topological polar surface area (TPSA) is 82.1 Å². The van der Waals surface area contributed by atoms with Crippen LogP contribution in [0.5, 0.6) is 11.5 Å². The standard InChI is InChI=1S/C13H14O6/c1-17-11-5-10(13(15)16)8(6-14)4-12(11)19-9-2-3-18-7-9/h4-6,9H,2-3,7H2,1H3,(H,15,16)/t9-/m0/s1. The van der Waals surface area contributed by atoms with Crippen molar-refractivity contribution in [2.45, 2.75) is 12.5 Å². The fourth-order valence-electron chi connectivity index (χ4n) is 1.90. The molecule has 1 aliphatic rings. The van der Waals surface area contributed by atoms with E-state index in [1.165, 1.54) is 19.2 Å². The second kappa shape index (κ2) is 5.71. The molecule has 0 aliphatic carbocycles. The molecule has 6 heteroatoms. The van der Waals surface area contributed by atoms with Gasteiger partial charge in [-0.1, -0.05) is 0 Å². The van der Waals surface area contributed by atoms with E-state index in [1.807, 2.05) is 0 Å². The SMILES string of the molecule is COc1cc(C(=O)O)c(C=O)cc1O[C@H]1CCOC1. The number of carbonyl (C=O) groups excluding carboxylic acids is 1. The zero-order valence-electron chi connectivity index (χ0n) is 10.4. The van der Waals surface area contributed by atoms with E-state index in [0.29, 0.717) is 25.2 Å². The molecule has 19 heavy (non-hydrogen) atoms. The summed E-state index contributed by atoms with van der Waals surface area (Å²) in [6.45, 7) is 1.10. The Balaban J connectivity index is 2.35. The number of ether oxygens (including phenoxy) is 3. The van der Waals surface area contributed by atoms with Crippen molar-refractivity contribution in [3.05, 3.63) is 23.3 Å². The van der Waals surface area contributed by atoms with Crippen LogP contribution in [0, 0.1) is 0 Å². The number of benzene rings is 1. The number of hydrogen-bond donors (Lipinski definition) is 1. The summed E-state index contributed by atoms with van der Waals surface area (Å²) in [4.78, 5) is 22.0. The van der Waals surface area contributed by atoms with Gasteiger partial charge in [-0.3, -0.25) is 4.79 Å². The molecule has 1 fully saturated rings. The predicted molar refractivity (Wildman–Crippen MR) is 65.2 cm³/mol. The fraction of sp³-hybridized carbons (Fsp3) is 0.385. The molecule has 102 valence electrons. The second-order valence-corrected chi connectivity index (χ2v) is 4.12. The van der Waals surface area contributed by atoms with E-state index in [0.717, 1.165) is 6.42 Å². The van der Waals surface area contributed by atoms with Crippen LogP contribution in [0.15, 0.2) is 12.1 Å². The molecular formula is C13H14O6. The molecule has 1 atom stereocenters. The van der Waals surface area contributed by atoms with Crippen LogP contribution >= 0.6 is 0 Å². The third-order valence-corrected chi connectivity index (χ3v) is 2.87. The lowest BCUT2D eigenvalue weighted by atomic mass is 10.1. The molecule has 1 aliphatic heterocycles. The summed E-state index contributed by atoms with van der Waals surface area (Å²) >= 11 is 0. The summed E-state index contributed by atoms with van der Waals surface area (Å²) in [6, 6.07) is 2.67. The molecule has 0 spiro atoms. The summed E-state index contributed by atoms with van der Waals surface area (Å²) in [5.41, 5.74) is -0.0518. The van der Waals surface area contributed by atoms with Gasteiger partial charge in [0.05, 0.1) is 25.9 Å². The van der Waals surface area contributed by atoms with Gasteiger partial charge in [0.15, 0.2) is 17.8 Å². The maximum absolute atomic E-state index is 11.0. The van der Waals surface area contributed by atoms with Crippen molar-refractivity contribution in [2.75, 3.05) is 20.3 Å². The minimum Gasteiger partial charge on any atom is -0.493 e. The van der Waals surface area contributed by atoms with Gasteiger partial charge in [0.1, 0.15) is 6.10 Å². The first-order valence-electron chi connectivity index (χ1n) is 5.80. The predicted octanol–water partition coefficient (Wildman–Crippen LogP) is 1.37. The first-order valence-corrected chi connectivity index (χ1v) is 5.80. The van der Waals surface area contributed by atoms with Gasteiger partial charge in [-0.25, -0.2) is 4.79 Å². The Kier molecular flexibility index (Phi) is 4.01. The number of carbonyl (C=O) groups is 2. The summed E-state index contributed by atoms with van der Waals surface area (Å²) in [5, 5.41) is 9.02. The van der Waals surface area contributed by atoms with Gasteiger partial charge in [0.25, 0.3) is 0 Å². The number of rotatable bonds is 5. The zero-order valence-corrected chi connectivity index (χ0v) is 10.4. The van der Waals surface area contributed by atoms with Gasteiger partial charge in [-0.05, 0) is 12.1 Å². The summed E-state index contributed by atoms with van der Waals surface area (Å²) < 4.78 is 16.0. The van der Waals surface area contributed by atoms with Crippen molar-refractivity contribution in [2.24, 2.45) is 0 Å². The van der Waals surface area contributed by atoms with Crippen LogP contribution < -0.4 is 9.47 Å². The van der Waals surface area contributed by atoms with Crippen LogP contribution in [-0.4, -0.2) is 43.8 Å². The number of carboxylic acid groups (broad SMARTS) is 1. The van der Waals surface area contributed by atoms with E-state index in [9.17, 15) is 9.59 Å². The Labute approximate surface area is 109 Å². The van der Waals surface area contributed by atoms with E-state index in [-0.39, 0.29) is 23.0 Å². The number of aldehydes is 1. The van der Waals surface area contributed by atoms with Gasteiger partial charge in [-0.15, -0.1) is 0 Å². The minimum atomic E-state index is -1.18. The first kappa shape index (κ1) is 13.4. The molecule has 1 aromatic carbocycles. The average molecular weight is 266 g/mol. The molecular weight excluding hydrogens is 252 g/mol. The summed E-state index contributed by atoms with van der Waals surface area (Å²) in [7, 11) is 1.42. The highest BCUT2D eigenvalue weighted by atomic mass is 16.6. The number of carboxylic acids is 1. The van der Waals surface area contributed by atoms with Crippen molar-refractivity contribution < 1.29 is 28.9 Å². The van der Waals surface area contributed by atoms with Crippen LogP contribution in [0.4, 0.5) is 0 Å². The molecule has 1 aromatic rings. The van der Waals surface area contributed by atoms with Crippen LogP contribution in [0.3, 0.4) is 0 Å². The third-order valence-electron chi connectivity index (χ3n) is 2.87. The van der Waals surface area contributed by atoms with Crippen molar-refractivity contribution in [3.63, 3.8) is 0 Å². The van der Waals surface area contributed by atoms with E-state index in [4.69, 9.17) is 19.3 Å². The van der Waals surface area contributed by atoms with E-state index in [2.05, 4.69) is 0 Å². The first-order chi connectivity index (χ1) is 9.15. The normalized spacial score (nSPS) is 18.1. The molecule has 0 radical (unpaired) electrons. The lowest BCUT2D eigenvalue weighted by Crippen LogP contribution is -2.16. The summed E-state index contributed by atoms with van der Waals surface area (Å²) in [5.74, 6) is -0.545. The molecule has 6 nitrogen and oxygen atoms in total. The molecule has 0 amide bonds. The summed E-state index contributed by atoms with van der Waals surface area (Å²) in [6.07, 6.45) is 1.13. The van der Waals surface area contributed by atoms with Gasteiger partial charge in [0, 0.05) is 12.0 Å². The maximum atomic E-state index is 11.0. The highest BCUT2D eigenvalue weighted by Crippen LogP contribution is 2.32. The molecule has 1 N–H and O–H groups in total. The van der Waals surface area contributed by atoms with Gasteiger partial charge < -0.3 is 19.3 Å². The quantitative estimate of drug-likeness (QED) is 0.811. The second-order valence-electron chi connectivity index (χ2n) is 4.12. The lowest BCUT2D eigenvalue weighted by Gasteiger charge is -2.16. The molecule has 0 aromatic heterocycles. The molecule has 0 bridgehead atoms. The van der Waals surface area contributed by atoms with Gasteiger partial charge >= 0.3 is 5.97 Å². The molecule has 1 saturated heterocycles. The number of hydrogen-bond acceptors (Lipinski definition) is 5. The highest BCUT2D eigenvalue weighted by molar-refractivity contribution is 5.98.